The van der Waals surface area contributed by atoms with Crippen molar-refractivity contribution in [2.75, 3.05) is 0 Å². The van der Waals surface area contributed by atoms with Gasteiger partial charge in [-0.05, 0) is 31.5 Å². The maximum absolute atomic E-state index is 11.2. The molecule has 0 aliphatic heterocycles. The Morgan fingerprint density at radius 3 is 2.81 bits per heavy atom. The highest BCUT2D eigenvalue weighted by Crippen LogP contribution is 2.29. The Hall–Kier alpha value is -1.09. The number of carbonyl (C=O) groups is 1. The van der Waals surface area contributed by atoms with Crippen molar-refractivity contribution >= 4 is 32.6 Å². The van der Waals surface area contributed by atoms with E-state index < -0.39 is 0 Å². The van der Waals surface area contributed by atoms with Gasteiger partial charge in [0.1, 0.15) is 5.78 Å². The molecule has 1 aromatic heterocycles. The molecule has 0 N–H and O–H groups in total. The molecule has 0 saturated heterocycles. The molecule has 0 saturated carbocycles. The van der Waals surface area contributed by atoms with E-state index in [0.717, 1.165) is 16.6 Å². The molecule has 0 fully saturated rings. The minimum Gasteiger partial charge on any atom is -0.347 e. The second kappa shape index (κ2) is 4.42. The fourth-order valence-corrected chi connectivity index (χ4v) is 2.67. The number of hydrogen-bond donors (Lipinski definition) is 0. The topological polar surface area (TPSA) is 22.0 Å². The Bertz CT molecular complexity index is 542. The molecule has 0 aliphatic carbocycles. The second-order valence-electron chi connectivity index (χ2n) is 3.95. The molecule has 0 atom stereocenters. The van der Waals surface area contributed by atoms with E-state index in [2.05, 4.69) is 39.7 Å². The molecule has 2 nitrogen and oxygen atoms in total. The second-order valence-corrected chi connectivity index (χ2v) is 4.81. The lowest BCUT2D eigenvalue weighted by molar-refractivity contribution is -0.116. The van der Waals surface area contributed by atoms with Gasteiger partial charge < -0.3 is 4.57 Å². The first-order valence-corrected chi connectivity index (χ1v) is 6.18. The van der Waals surface area contributed by atoms with Crippen LogP contribution in [0, 0.1) is 0 Å². The zero-order valence-corrected chi connectivity index (χ0v) is 11.0. The van der Waals surface area contributed by atoms with Crippen LogP contribution in [-0.4, -0.2) is 10.4 Å². The lowest BCUT2D eigenvalue weighted by Crippen LogP contribution is -1.95. The third-order valence-electron chi connectivity index (χ3n) is 2.71. The van der Waals surface area contributed by atoms with Gasteiger partial charge in [0.05, 0.1) is 0 Å². The van der Waals surface area contributed by atoms with Gasteiger partial charge in [0.15, 0.2) is 0 Å². The van der Waals surface area contributed by atoms with E-state index in [1.54, 1.807) is 6.92 Å². The van der Waals surface area contributed by atoms with Gasteiger partial charge in [-0.2, -0.15) is 0 Å². The fourth-order valence-electron chi connectivity index (χ4n) is 2.06. The number of halogens is 1. The lowest BCUT2D eigenvalue weighted by atomic mass is 10.1. The maximum Gasteiger partial charge on any atom is 0.134 e. The number of fused-ring (bicyclic) bond motifs is 1. The quantitative estimate of drug-likeness (QED) is 0.842. The summed E-state index contributed by atoms with van der Waals surface area (Å²) in [7, 11) is 0. The number of aromatic nitrogens is 1. The molecule has 84 valence electrons. The molecule has 0 unspecified atom stereocenters. The van der Waals surface area contributed by atoms with Crippen molar-refractivity contribution in [1.82, 2.24) is 4.57 Å². The van der Waals surface area contributed by atoms with Gasteiger partial charge >= 0.3 is 0 Å². The van der Waals surface area contributed by atoms with Crippen molar-refractivity contribution in [3.63, 3.8) is 0 Å². The van der Waals surface area contributed by atoms with Crippen LogP contribution in [0.2, 0.25) is 0 Å². The Kier molecular flexibility index (Phi) is 3.15. The van der Waals surface area contributed by atoms with Crippen molar-refractivity contribution in [3.8, 4) is 0 Å². The van der Waals surface area contributed by atoms with E-state index in [9.17, 15) is 4.79 Å². The van der Waals surface area contributed by atoms with Crippen LogP contribution in [0.4, 0.5) is 0 Å². The van der Waals surface area contributed by atoms with Crippen LogP contribution in [0.25, 0.3) is 10.9 Å². The normalized spacial score (nSPS) is 10.9. The first-order chi connectivity index (χ1) is 7.63. The van der Waals surface area contributed by atoms with E-state index in [1.165, 1.54) is 10.9 Å². The summed E-state index contributed by atoms with van der Waals surface area (Å²) in [6.45, 7) is 4.66. The van der Waals surface area contributed by atoms with Gasteiger partial charge in [-0.1, -0.05) is 22.0 Å². The standard InChI is InChI=1S/C13H14BrNO/c1-3-15-8-10(7-9(2)16)13-11(14)5-4-6-12(13)15/h4-6,8H,3,7H2,1-2H3. The Labute approximate surface area is 103 Å². The molecule has 0 amide bonds. The Morgan fingerprint density at radius 1 is 1.44 bits per heavy atom. The Morgan fingerprint density at radius 2 is 2.19 bits per heavy atom. The number of rotatable bonds is 3. The highest BCUT2D eigenvalue weighted by molar-refractivity contribution is 9.10. The number of carbonyl (C=O) groups excluding carboxylic acids is 1. The van der Waals surface area contributed by atoms with Crippen LogP contribution in [0.3, 0.4) is 0 Å². The smallest absolute Gasteiger partial charge is 0.134 e. The van der Waals surface area contributed by atoms with E-state index in [1.807, 2.05) is 12.1 Å². The first kappa shape index (κ1) is 11.4. The summed E-state index contributed by atoms with van der Waals surface area (Å²) in [6.07, 6.45) is 2.59. The number of aryl methyl sites for hydroxylation is 1. The molecule has 0 radical (unpaired) electrons. The molecule has 1 aromatic carbocycles. The summed E-state index contributed by atoms with van der Waals surface area (Å²) in [5.41, 5.74) is 2.30. The lowest BCUT2D eigenvalue weighted by Gasteiger charge is -2.00. The summed E-state index contributed by atoms with van der Waals surface area (Å²) >= 11 is 3.56. The molecule has 2 aromatic rings. The van der Waals surface area contributed by atoms with Gasteiger partial charge in [0.2, 0.25) is 0 Å². The predicted molar refractivity (Wildman–Crippen MR) is 69.7 cm³/mol. The van der Waals surface area contributed by atoms with Gasteiger partial charge in [0, 0.05) is 34.5 Å². The van der Waals surface area contributed by atoms with Crippen molar-refractivity contribution < 1.29 is 4.79 Å². The van der Waals surface area contributed by atoms with E-state index in [-0.39, 0.29) is 5.78 Å². The summed E-state index contributed by atoms with van der Waals surface area (Å²) in [5.74, 6) is 0.200. The van der Waals surface area contributed by atoms with Crippen LogP contribution in [-0.2, 0) is 17.8 Å². The zero-order chi connectivity index (χ0) is 11.7. The van der Waals surface area contributed by atoms with Crippen LogP contribution in [0.15, 0.2) is 28.9 Å². The number of nitrogens with zero attached hydrogens (tertiary/aromatic N) is 1. The highest BCUT2D eigenvalue weighted by atomic mass is 79.9. The third kappa shape index (κ3) is 1.92. The summed E-state index contributed by atoms with van der Waals surface area (Å²) in [6, 6.07) is 6.13. The van der Waals surface area contributed by atoms with Gasteiger partial charge in [0.25, 0.3) is 0 Å². The van der Waals surface area contributed by atoms with Crippen molar-refractivity contribution in [2.45, 2.75) is 26.8 Å². The monoisotopic (exact) mass is 279 g/mol. The van der Waals surface area contributed by atoms with Gasteiger partial charge in [-0.25, -0.2) is 0 Å². The minimum absolute atomic E-state index is 0.200. The van der Waals surface area contributed by atoms with E-state index in [4.69, 9.17) is 0 Å². The first-order valence-electron chi connectivity index (χ1n) is 5.39. The summed E-state index contributed by atoms with van der Waals surface area (Å²) in [5, 5.41) is 1.17. The summed E-state index contributed by atoms with van der Waals surface area (Å²) < 4.78 is 3.24. The molecular formula is C13H14BrNO. The summed E-state index contributed by atoms with van der Waals surface area (Å²) in [4.78, 5) is 11.2. The third-order valence-corrected chi connectivity index (χ3v) is 3.37. The largest absolute Gasteiger partial charge is 0.347 e. The number of hydrogen-bond acceptors (Lipinski definition) is 1. The average molecular weight is 280 g/mol. The SMILES string of the molecule is CCn1cc(CC(C)=O)c2c(Br)cccc21. The molecule has 3 heteroatoms. The van der Waals surface area contributed by atoms with Crippen LogP contribution in [0.5, 0.6) is 0 Å². The van der Waals surface area contributed by atoms with Gasteiger partial charge in [-0.3, -0.25) is 4.79 Å². The minimum atomic E-state index is 0.200. The molecule has 1 heterocycles. The highest BCUT2D eigenvalue weighted by Gasteiger charge is 2.11. The molecular weight excluding hydrogens is 266 g/mol. The average Bonchev–Trinajstić information content (AvgIpc) is 2.57. The Balaban J connectivity index is 2.69. The zero-order valence-electron chi connectivity index (χ0n) is 9.46. The molecule has 2 rings (SSSR count). The maximum atomic E-state index is 11.2. The van der Waals surface area contributed by atoms with Gasteiger partial charge in [-0.15, -0.1) is 0 Å². The molecule has 0 spiro atoms. The fraction of sp³-hybridized carbons (Fsp3) is 0.308. The van der Waals surface area contributed by atoms with Crippen LogP contribution >= 0.6 is 15.9 Å². The van der Waals surface area contributed by atoms with E-state index in [0.29, 0.717) is 6.42 Å². The molecule has 0 aliphatic rings. The van der Waals surface area contributed by atoms with E-state index >= 15 is 0 Å². The number of benzene rings is 1. The molecule has 16 heavy (non-hydrogen) atoms. The van der Waals surface area contributed by atoms with Crippen molar-refractivity contribution in [3.05, 3.63) is 34.4 Å². The van der Waals surface area contributed by atoms with Crippen LogP contribution in [0.1, 0.15) is 19.4 Å². The predicted octanol–water partition coefficient (Wildman–Crippen LogP) is 3.56. The van der Waals surface area contributed by atoms with Crippen molar-refractivity contribution in [2.24, 2.45) is 0 Å². The molecule has 0 bridgehead atoms. The number of ketones is 1. The number of Topliss-reactive ketones (excluding diaryl/α,β-unsaturated/α-hetero) is 1. The van der Waals surface area contributed by atoms with Crippen molar-refractivity contribution in [1.29, 1.82) is 0 Å². The van der Waals surface area contributed by atoms with Crippen LogP contribution < -0.4 is 0 Å².